The molecule has 0 N–H and O–H groups in total. The van der Waals surface area contributed by atoms with E-state index >= 15 is 0 Å². The van der Waals surface area contributed by atoms with Gasteiger partial charge in [-0.15, -0.1) is 0 Å². The van der Waals surface area contributed by atoms with Gasteiger partial charge in [-0.05, 0) is 68.2 Å². The number of pyridine rings is 1. The zero-order valence-corrected chi connectivity index (χ0v) is 16.8. The lowest BCUT2D eigenvalue weighted by Crippen LogP contribution is -2.52. The first kappa shape index (κ1) is 19.1. The highest BCUT2D eigenvalue weighted by Crippen LogP contribution is 2.38. The molecule has 3 heterocycles. The fourth-order valence-electron chi connectivity index (χ4n) is 4.81. The Labute approximate surface area is 167 Å². The van der Waals surface area contributed by atoms with Gasteiger partial charge in [-0.1, -0.05) is 30.3 Å². The third kappa shape index (κ3) is 3.97. The lowest BCUT2D eigenvalue weighted by atomic mass is 9.72. The highest BCUT2D eigenvalue weighted by Gasteiger charge is 2.44. The Balaban J connectivity index is 1.43. The zero-order chi connectivity index (χ0) is 19.4. The highest BCUT2D eigenvalue weighted by molar-refractivity contribution is 5.88. The molecule has 0 saturated carbocycles. The number of aromatic nitrogens is 1. The maximum absolute atomic E-state index is 13.6. The lowest BCUT2D eigenvalue weighted by Gasteiger charge is -2.42. The molecule has 1 aromatic heterocycles. The molecule has 0 bridgehead atoms. The van der Waals surface area contributed by atoms with Gasteiger partial charge < -0.3 is 9.64 Å². The predicted molar refractivity (Wildman–Crippen MR) is 110 cm³/mol. The van der Waals surface area contributed by atoms with E-state index < -0.39 is 5.41 Å². The van der Waals surface area contributed by atoms with Crippen LogP contribution in [0.4, 0.5) is 0 Å². The molecule has 2 saturated heterocycles. The number of hydrogen-bond donors (Lipinski definition) is 0. The van der Waals surface area contributed by atoms with E-state index in [1.54, 1.807) is 0 Å². The topological polar surface area (TPSA) is 42.4 Å². The summed E-state index contributed by atoms with van der Waals surface area (Å²) >= 11 is 0. The van der Waals surface area contributed by atoms with Crippen LogP contribution in [0.5, 0.6) is 0 Å². The number of carbonyl (C=O) groups is 1. The van der Waals surface area contributed by atoms with E-state index in [-0.39, 0.29) is 0 Å². The van der Waals surface area contributed by atoms with E-state index in [0.717, 1.165) is 56.5 Å². The van der Waals surface area contributed by atoms with E-state index in [4.69, 9.17) is 4.74 Å². The molecular weight excluding hydrogens is 348 g/mol. The van der Waals surface area contributed by atoms with Gasteiger partial charge in [-0.3, -0.25) is 9.78 Å². The second-order valence-corrected chi connectivity index (χ2v) is 8.31. The Morgan fingerprint density at radius 3 is 2.54 bits per heavy atom. The summed E-state index contributed by atoms with van der Waals surface area (Å²) in [6, 6.07) is 14.6. The Morgan fingerprint density at radius 2 is 1.86 bits per heavy atom. The van der Waals surface area contributed by atoms with Gasteiger partial charge in [0.2, 0.25) is 5.91 Å². The summed E-state index contributed by atoms with van der Waals surface area (Å²) in [6.07, 6.45) is 6.71. The van der Waals surface area contributed by atoms with Crippen LogP contribution in [0.15, 0.2) is 48.7 Å². The molecule has 1 aromatic carbocycles. The lowest BCUT2D eigenvalue weighted by molar-refractivity contribution is -0.142. The van der Waals surface area contributed by atoms with Gasteiger partial charge in [-0.25, -0.2) is 0 Å². The number of likely N-dealkylation sites (tertiary alicyclic amines) is 1. The van der Waals surface area contributed by atoms with Crippen molar-refractivity contribution < 1.29 is 9.53 Å². The molecule has 2 aliphatic heterocycles. The van der Waals surface area contributed by atoms with Gasteiger partial charge in [0, 0.05) is 38.2 Å². The fourth-order valence-corrected chi connectivity index (χ4v) is 4.81. The highest BCUT2D eigenvalue weighted by atomic mass is 16.5. The van der Waals surface area contributed by atoms with Crippen LogP contribution in [0.25, 0.3) is 0 Å². The summed E-state index contributed by atoms with van der Waals surface area (Å²) in [5, 5.41) is 0. The van der Waals surface area contributed by atoms with Crippen molar-refractivity contribution in [3.63, 3.8) is 0 Å². The van der Waals surface area contributed by atoms with Crippen LogP contribution in [0.3, 0.4) is 0 Å². The van der Waals surface area contributed by atoms with E-state index in [1.165, 1.54) is 5.56 Å². The molecule has 4 rings (SSSR count). The molecule has 4 nitrogen and oxygen atoms in total. The Bertz CT molecular complexity index is 791. The second-order valence-electron chi connectivity index (χ2n) is 8.31. The third-order valence-corrected chi connectivity index (χ3v) is 6.47. The molecule has 0 spiro atoms. The minimum absolute atomic E-state index is 0.306. The van der Waals surface area contributed by atoms with Gasteiger partial charge >= 0.3 is 0 Å². The number of ether oxygens (including phenoxy) is 1. The van der Waals surface area contributed by atoms with Crippen molar-refractivity contribution in [3.8, 4) is 0 Å². The minimum atomic E-state index is -0.408. The molecule has 0 aliphatic carbocycles. The predicted octanol–water partition coefficient (Wildman–Crippen LogP) is 3.92. The second kappa shape index (κ2) is 8.44. The van der Waals surface area contributed by atoms with Gasteiger partial charge in [0.15, 0.2) is 0 Å². The molecule has 2 aliphatic rings. The van der Waals surface area contributed by atoms with Crippen molar-refractivity contribution in [3.05, 3.63) is 65.5 Å². The Morgan fingerprint density at radius 1 is 1.14 bits per heavy atom. The Hall–Kier alpha value is -2.20. The van der Waals surface area contributed by atoms with Crippen LogP contribution in [0.1, 0.15) is 42.5 Å². The normalized spacial score (nSPS) is 20.1. The van der Waals surface area contributed by atoms with Gasteiger partial charge in [0.05, 0.1) is 5.41 Å². The number of rotatable bonds is 4. The zero-order valence-electron chi connectivity index (χ0n) is 16.8. The first-order chi connectivity index (χ1) is 13.7. The summed E-state index contributed by atoms with van der Waals surface area (Å²) in [7, 11) is 0. The summed E-state index contributed by atoms with van der Waals surface area (Å²) in [5.41, 5.74) is 3.18. The monoisotopic (exact) mass is 378 g/mol. The quantitative estimate of drug-likeness (QED) is 0.810. The average molecular weight is 379 g/mol. The number of carbonyl (C=O) groups excluding carboxylic acids is 1. The number of hydrogen-bond acceptors (Lipinski definition) is 3. The number of nitrogens with zero attached hydrogens (tertiary/aromatic N) is 2. The van der Waals surface area contributed by atoms with E-state index in [2.05, 4.69) is 34.1 Å². The third-order valence-electron chi connectivity index (χ3n) is 6.47. The van der Waals surface area contributed by atoms with Crippen molar-refractivity contribution in [2.75, 3.05) is 26.3 Å². The molecule has 2 fully saturated rings. The standard InChI is InChI=1S/C24H30N2O2/c1-19-17-21(7-12-25-19)18-20-8-13-26(14-9-20)23(27)24(10-15-28-16-11-24)22-5-3-2-4-6-22/h2-7,12,17,20H,8-11,13-16,18H2,1H3. The SMILES string of the molecule is Cc1cc(CC2CCN(C(=O)C3(c4ccccc4)CCOCC3)CC2)ccn1. The van der Waals surface area contributed by atoms with Crippen LogP contribution in [0, 0.1) is 12.8 Å². The van der Waals surface area contributed by atoms with E-state index in [9.17, 15) is 4.79 Å². The number of piperidine rings is 1. The van der Waals surface area contributed by atoms with Gasteiger partial charge in [-0.2, -0.15) is 0 Å². The van der Waals surface area contributed by atoms with Crippen molar-refractivity contribution >= 4 is 5.91 Å². The van der Waals surface area contributed by atoms with Crippen molar-refractivity contribution in [1.29, 1.82) is 0 Å². The molecule has 28 heavy (non-hydrogen) atoms. The number of aryl methyl sites for hydroxylation is 1. The van der Waals surface area contributed by atoms with Crippen LogP contribution < -0.4 is 0 Å². The van der Waals surface area contributed by atoms with E-state index in [0.29, 0.717) is 25.0 Å². The average Bonchev–Trinajstić information content (AvgIpc) is 2.75. The smallest absolute Gasteiger partial charge is 0.233 e. The van der Waals surface area contributed by atoms with Crippen LogP contribution in [-0.4, -0.2) is 42.1 Å². The van der Waals surface area contributed by atoms with Crippen LogP contribution in [0.2, 0.25) is 0 Å². The van der Waals surface area contributed by atoms with Crippen molar-refractivity contribution in [2.45, 2.75) is 44.4 Å². The molecule has 0 unspecified atom stereocenters. The number of benzene rings is 1. The van der Waals surface area contributed by atoms with Crippen molar-refractivity contribution in [2.24, 2.45) is 5.92 Å². The van der Waals surface area contributed by atoms with Crippen molar-refractivity contribution in [1.82, 2.24) is 9.88 Å². The molecule has 2 aromatic rings. The van der Waals surface area contributed by atoms with Gasteiger partial charge in [0.25, 0.3) is 0 Å². The maximum Gasteiger partial charge on any atom is 0.233 e. The Kier molecular flexibility index (Phi) is 5.77. The summed E-state index contributed by atoms with van der Waals surface area (Å²) < 4.78 is 5.60. The molecule has 0 atom stereocenters. The molecular formula is C24H30N2O2. The number of amides is 1. The minimum Gasteiger partial charge on any atom is -0.381 e. The first-order valence-corrected chi connectivity index (χ1v) is 10.5. The van der Waals surface area contributed by atoms with Gasteiger partial charge in [0.1, 0.15) is 0 Å². The molecule has 0 radical (unpaired) electrons. The van der Waals surface area contributed by atoms with Crippen LogP contribution in [-0.2, 0) is 21.4 Å². The first-order valence-electron chi connectivity index (χ1n) is 10.5. The molecule has 1 amide bonds. The summed E-state index contributed by atoms with van der Waals surface area (Å²) in [5.74, 6) is 0.952. The maximum atomic E-state index is 13.6. The summed E-state index contributed by atoms with van der Waals surface area (Å²) in [4.78, 5) is 20.1. The van der Waals surface area contributed by atoms with Crippen LogP contribution >= 0.6 is 0 Å². The molecule has 4 heteroatoms. The fraction of sp³-hybridized carbons (Fsp3) is 0.500. The largest absolute Gasteiger partial charge is 0.381 e. The molecule has 148 valence electrons. The van der Waals surface area contributed by atoms with E-state index in [1.807, 2.05) is 31.3 Å². The summed E-state index contributed by atoms with van der Waals surface area (Å²) in [6.45, 7) is 5.10.